The van der Waals surface area contributed by atoms with Gasteiger partial charge in [-0.1, -0.05) is 98.8 Å². The fourth-order valence-corrected chi connectivity index (χ4v) is 7.86. The monoisotopic (exact) mass is 657 g/mol. The number of rotatable bonds is 5. The van der Waals surface area contributed by atoms with Crippen LogP contribution >= 0.6 is 0 Å². The molecule has 5 nitrogen and oxygen atoms in total. The Morgan fingerprint density at radius 2 is 1.33 bits per heavy atom. The summed E-state index contributed by atoms with van der Waals surface area (Å²) < 4.78 is 4.64. The molecule has 4 heterocycles. The van der Waals surface area contributed by atoms with E-state index in [1.54, 1.807) is 0 Å². The Bertz CT molecular complexity index is 2960. The van der Waals surface area contributed by atoms with Gasteiger partial charge < -0.3 is 4.98 Å². The standard InChI is InChI=1S/C46H35N5/c1-28(2)30-19-21-35-36-22-20-31(27-42(36)51(41(35)26-30)43-25-29(3)23-24-47-43)33-14-10-18-40-45(33)49-46(50(40)32-11-5-4-6-12-32)38-16-9-15-37-34-13-7-8-17-39(34)48-44(37)38/h4-28,48H,1-3H3. The Balaban J connectivity index is 1.25. The molecule has 0 bridgehead atoms. The van der Waals surface area contributed by atoms with Crippen molar-refractivity contribution in [2.75, 3.05) is 0 Å². The van der Waals surface area contributed by atoms with E-state index in [0.29, 0.717) is 5.92 Å². The lowest BCUT2D eigenvalue weighted by molar-refractivity contribution is 0.867. The van der Waals surface area contributed by atoms with Gasteiger partial charge in [0.25, 0.3) is 0 Å². The number of imidazole rings is 1. The molecule has 244 valence electrons. The number of H-pyrrole nitrogens is 1. The summed E-state index contributed by atoms with van der Waals surface area (Å²) in [7, 11) is 0. The summed E-state index contributed by atoms with van der Waals surface area (Å²) >= 11 is 0. The van der Waals surface area contributed by atoms with Crippen LogP contribution in [-0.2, 0) is 0 Å². The average Bonchev–Trinajstić information content (AvgIpc) is 3.84. The predicted molar refractivity (Wildman–Crippen MR) is 212 cm³/mol. The van der Waals surface area contributed by atoms with Gasteiger partial charge in [-0.3, -0.25) is 9.13 Å². The number of nitrogens with zero attached hydrogens (tertiary/aromatic N) is 4. The molecule has 51 heavy (non-hydrogen) atoms. The molecule has 6 aromatic carbocycles. The molecule has 10 rings (SSSR count). The van der Waals surface area contributed by atoms with Gasteiger partial charge in [0.15, 0.2) is 0 Å². The zero-order valence-electron chi connectivity index (χ0n) is 28.7. The Morgan fingerprint density at radius 3 is 2.18 bits per heavy atom. The second-order valence-corrected chi connectivity index (χ2v) is 13.9. The summed E-state index contributed by atoms with van der Waals surface area (Å²) in [5.74, 6) is 2.25. The fraction of sp³-hybridized carbons (Fsp3) is 0.0870. The van der Waals surface area contributed by atoms with E-state index in [2.05, 4.69) is 174 Å². The number of para-hydroxylation sites is 4. The maximum Gasteiger partial charge on any atom is 0.147 e. The highest BCUT2D eigenvalue weighted by molar-refractivity contribution is 6.13. The molecule has 0 saturated heterocycles. The minimum Gasteiger partial charge on any atom is -0.354 e. The van der Waals surface area contributed by atoms with Crippen molar-refractivity contribution in [2.24, 2.45) is 0 Å². The van der Waals surface area contributed by atoms with E-state index in [4.69, 9.17) is 9.97 Å². The minimum atomic E-state index is 0.420. The molecule has 0 fully saturated rings. The molecule has 0 unspecified atom stereocenters. The third-order valence-electron chi connectivity index (χ3n) is 10.4. The number of benzene rings is 6. The first-order chi connectivity index (χ1) is 25.0. The van der Waals surface area contributed by atoms with Gasteiger partial charge in [-0.25, -0.2) is 9.97 Å². The molecule has 10 aromatic rings. The molecule has 0 amide bonds. The number of aromatic amines is 1. The maximum atomic E-state index is 5.53. The summed E-state index contributed by atoms with van der Waals surface area (Å²) in [6.45, 7) is 6.63. The first-order valence-electron chi connectivity index (χ1n) is 17.6. The number of pyridine rings is 1. The normalized spacial score (nSPS) is 12.0. The molecule has 0 atom stereocenters. The van der Waals surface area contributed by atoms with Gasteiger partial charge in [-0.2, -0.15) is 0 Å². The first-order valence-corrected chi connectivity index (χ1v) is 17.6. The van der Waals surface area contributed by atoms with Crippen molar-refractivity contribution >= 4 is 54.6 Å². The third-order valence-corrected chi connectivity index (χ3v) is 10.4. The summed E-state index contributed by atoms with van der Waals surface area (Å²) in [6.07, 6.45) is 1.91. The molecule has 0 aliphatic carbocycles. The molecule has 1 N–H and O–H groups in total. The van der Waals surface area contributed by atoms with Crippen molar-refractivity contribution in [3.05, 3.63) is 157 Å². The summed E-state index contributed by atoms with van der Waals surface area (Å²) in [5.41, 5.74) is 13.4. The maximum absolute atomic E-state index is 5.53. The predicted octanol–water partition coefficient (Wildman–Crippen LogP) is 11.9. The Kier molecular flexibility index (Phi) is 6.52. The van der Waals surface area contributed by atoms with Crippen LogP contribution < -0.4 is 0 Å². The molecule has 0 radical (unpaired) electrons. The molecule has 0 aliphatic rings. The lowest BCUT2D eigenvalue weighted by Gasteiger charge is -2.11. The lowest BCUT2D eigenvalue weighted by Crippen LogP contribution is -1.98. The van der Waals surface area contributed by atoms with Gasteiger partial charge >= 0.3 is 0 Å². The topological polar surface area (TPSA) is 51.4 Å². The smallest absolute Gasteiger partial charge is 0.147 e. The van der Waals surface area contributed by atoms with Crippen LogP contribution in [0.4, 0.5) is 0 Å². The van der Waals surface area contributed by atoms with Crippen LogP contribution in [0.15, 0.2) is 146 Å². The number of aromatic nitrogens is 5. The Morgan fingerprint density at radius 1 is 0.588 bits per heavy atom. The fourth-order valence-electron chi connectivity index (χ4n) is 7.86. The molecule has 4 aromatic heterocycles. The van der Waals surface area contributed by atoms with Crippen molar-refractivity contribution in [2.45, 2.75) is 26.7 Å². The van der Waals surface area contributed by atoms with Crippen LogP contribution in [0.3, 0.4) is 0 Å². The first kappa shape index (κ1) is 29.5. The van der Waals surface area contributed by atoms with Gasteiger partial charge in [0.2, 0.25) is 0 Å². The lowest BCUT2D eigenvalue weighted by atomic mass is 10.00. The highest BCUT2D eigenvalue weighted by Crippen LogP contribution is 2.40. The van der Waals surface area contributed by atoms with Crippen LogP contribution in [0, 0.1) is 6.92 Å². The number of nitrogens with one attached hydrogen (secondary N) is 1. The van der Waals surface area contributed by atoms with Crippen molar-refractivity contribution < 1.29 is 0 Å². The molecule has 0 saturated carbocycles. The Labute approximate surface area is 295 Å². The molecule has 0 aliphatic heterocycles. The van der Waals surface area contributed by atoms with Crippen LogP contribution in [-0.4, -0.2) is 24.1 Å². The van der Waals surface area contributed by atoms with Crippen LogP contribution in [0.25, 0.3) is 88.7 Å². The molecular formula is C46H35N5. The quantitative estimate of drug-likeness (QED) is 0.200. The van der Waals surface area contributed by atoms with E-state index in [0.717, 1.165) is 61.6 Å². The zero-order valence-corrected chi connectivity index (χ0v) is 28.7. The van der Waals surface area contributed by atoms with E-state index in [1.807, 2.05) is 6.20 Å². The minimum absolute atomic E-state index is 0.420. The van der Waals surface area contributed by atoms with Crippen LogP contribution in [0.5, 0.6) is 0 Å². The third kappa shape index (κ3) is 4.55. The van der Waals surface area contributed by atoms with E-state index >= 15 is 0 Å². The van der Waals surface area contributed by atoms with Crippen molar-refractivity contribution in [1.82, 2.24) is 24.1 Å². The molecule has 0 spiro atoms. The molecule has 5 heteroatoms. The van der Waals surface area contributed by atoms with Gasteiger partial charge in [-0.05, 0) is 84.1 Å². The number of hydrogen-bond acceptors (Lipinski definition) is 2. The average molecular weight is 658 g/mol. The number of fused-ring (bicyclic) bond motifs is 7. The SMILES string of the molecule is Cc1ccnc(-n2c3cc(-c4cccc5c4nc(-c4cccc6c4[nH]c4ccccc46)n5-c4ccccc4)ccc3c3ccc(C(C)C)cc32)c1. The van der Waals surface area contributed by atoms with Crippen LogP contribution in [0.2, 0.25) is 0 Å². The van der Waals surface area contributed by atoms with Gasteiger partial charge in [0, 0.05) is 50.1 Å². The van der Waals surface area contributed by atoms with E-state index in [9.17, 15) is 0 Å². The summed E-state index contributed by atoms with van der Waals surface area (Å²) in [4.78, 5) is 14.1. The second kappa shape index (κ2) is 11.3. The highest BCUT2D eigenvalue weighted by Gasteiger charge is 2.22. The zero-order chi connectivity index (χ0) is 34.2. The van der Waals surface area contributed by atoms with Crippen molar-refractivity contribution in [3.8, 4) is 34.0 Å². The van der Waals surface area contributed by atoms with Crippen molar-refractivity contribution in [1.29, 1.82) is 0 Å². The Hall–Kier alpha value is -6.46. The highest BCUT2D eigenvalue weighted by atomic mass is 15.1. The van der Waals surface area contributed by atoms with Gasteiger partial charge in [0.05, 0.1) is 27.6 Å². The van der Waals surface area contributed by atoms with E-state index in [1.165, 1.54) is 38.2 Å². The van der Waals surface area contributed by atoms with E-state index in [-0.39, 0.29) is 0 Å². The van der Waals surface area contributed by atoms with Gasteiger partial charge in [0.1, 0.15) is 11.6 Å². The van der Waals surface area contributed by atoms with Crippen molar-refractivity contribution in [3.63, 3.8) is 0 Å². The second-order valence-electron chi connectivity index (χ2n) is 13.9. The van der Waals surface area contributed by atoms with Crippen LogP contribution in [0.1, 0.15) is 30.9 Å². The number of aryl methyl sites for hydroxylation is 1. The largest absolute Gasteiger partial charge is 0.354 e. The summed E-state index contributed by atoms with van der Waals surface area (Å²) in [5, 5.41) is 4.84. The summed E-state index contributed by atoms with van der Waals surface area (Å²) in [6, 6.07) is 50.1. The van der Waals surface area contributed by atoms with Gasteiger partial charge in [-0.15, -0.1) is 0 Å². The van der Waals surface area contributed by atoms with E-state index < -0.39 is 0 Å². The number of hydrogen-bond donors (Lipinski definition) is 1. The molecular weight excluding hydrogens is 623 g/mol.